The summed E-state index contributed by atoms with van der Waals surface area (Å²) in [6, 6.07) is 10.4. The normalized spacial score (nSPS) is 14.2. The third kappa shape index (κ3) is 5.66. The van der Waals surface area contributed by atoms with E-state index in [4.69, 9.17) is 0 Å². The standard InChI is InChI=1S/C15H24N2OS/c1-11(2)14(15(18)17-10-12(3)16-4)19-13-8-6-5-7-9-13/h5-9,11-12,14,16H,10H2,1-4H3,(H,17,18). The molecule has 3 nitrogen and oxygen atoms in total. The quantitative estimate of drug-likeness (QED) is 0.754. The van der Waals surface area contributed by atoms with Crippen LogP contribution in [-0.4, -0.2) is 30.8 Å². The van der Waals surface area contributed by atoms with Crippen LogP contribution >= 0.6 is 11.8 Å². The number of carbonyl (C=O) groups excluding carboxylic acids is 1. The molecule has 1 aromatic carbocycles. The number of amides is 1. The Kier molecular flexibility index (Phi) is 6.95. The van der Waals surface area contributed by atoms with Gasteiger partial charge in [0, 0.05) is 17.5 Å². The van der Waals surface area contributed by atoms with Gasteiger partial charge in [-0.2, -0.15) is 0 Å². The minimum atomic E-state index is -0.0496. The van der Waals surface area contributed by atoms with Crippen LogP contribution in [0, 0.1) is 5.92 Å². The minimum absolute atomic E-state index is 0.0496. The first-order valence-corrected chi connectivity index (χ1v) is 7.59. The molecule has 2 atom stereocenters. The summed E-state index contributed by atoms with van der Waals surface area (Å²) in [6.45, 7) is 6.88. The number of hydrogen-bond acceptors (Lipinski definition) is 3. The molecule has 0 spiro atoms. The number of carbonyl (C=O) groups is 1. The van der Waals surface area contributed by atoms with Crippen LogP contribution < -0.4 is 10.6 Å². The van der Waals surface area contributed by atoms with Gasteiger partial charge < -0.3 is 10.6 Å². The van der Waals surface area contributed by atoms with E-state index in [1.807, 2.05) is 37.4 Å². The maximum absolute atomic E-state index is 12.2. The highest BCUT2D eigenvalue weighted by Gasteiger charge is 2.23. The third-order valence-corrected chi connectivity index (χ3v) is 4.50. The molecule has 0 saturated heterocycles. The number of benzene rings is 1. The van der Waals surface area contributed by atoms with E-state index in [9.17, 15) is 4.79 Å². The molecule has 1 rings (SSSR count). The van der Waals surface area contributed by atoms with Crippen LogP contribution in [0.15, 0.2) is 35.2 Å². The number of hydrogen-bond donors (Lipinski definition) is 2. The van der Waals surface area contributed by atoms with Crippen molar-refractivity contribution in [3.8, 4) is 0 Å². The van der Waals surface area contributed by atoms with Crippen LogP contribution in [0.5, 0.6) is 0 Å². The lowest BCUT2D eigenvalue weighted by molar-refractivity contribution is -0.121. The summed E-state index contributed by atoms with van der Waals surface area (Å²) in [6.07, 6.45) is 0. The second kappa shape index (κ2) is 8.23. The zero-order valence-corrected chi connectivity index (χ0v) is 13.0. The largest absolute Gasteiger partial charge is 0.354 e. The zero-order chi connectivity index (χ0) is 14.3. The van der Waals surface area contributed by atoms with Crippen LogP contribution in [0.2, 0.25) is 0 Å². The molecule has 1 amide bonds. The van der Waals surface area contributed by atoms with Crippen molar-refractivity contribution in [2.24, 2.45) is 5.92 Å². The molecule has 0 heterocycles. The summed E-state index contributed by atoms with van der Waals surface area (Å²) >= 11 is 1.63. The Labute approximate surface area is 120 Å². The molecule has 1 aromatic rings. The first kappa shape index (κ1) is 16.1. The lowest BCUT2D eigenvalue weighted by atomic mass is 10.1. The van der Waals surface area contributed by atoms with Crippen LogP contribution in [0.3, 0.4) is 0 Å². The van der Waals surface area contributed by atoms with E-state index in [-0.39, 0.29) is 11.2 Å². The average molecular weight is 280 g/mol. The molecule has 2 unspecified atom stereocenters. The van der Waals surface area contributed by atoms with E-state index in [1.165, 1.54) is 0 Å². The Hall–Kier alpha value is -1.00. The fourth-order valence-electron chi connectivity index (χ4n) is 1.59. The second-order valence-corrected chi connectivity index (χ2v) is 6.25. The molecular formula is C15H24N2OS. The molecule has 0 aromatic heterocycles. The highest BCUT2D eigenvalue weighted by atomic mass is 32.2. The van der Waals surface area contributed by atoms with Gasteiger partial charge in [0.15, 0.2) is 0 Å². The van der Waals surface area contributed by atoms with Crippen molar-refractivity contribution < 1.29 is 4.79 Å². The Bertz CT molecular complexity index is 381. The SMILES string of the molecule is CNC(C)CNC(=O)C(Sc1ccccc1)C(C)C. The molecule has 0 radical (unpaired) electrons. The number of likely N-dealkylation sites (N-methyl/N-ethyl adjacent to an activating group) is 1. The van der Waals surface area contributed by atoms with E-state index in [0.717, 1.165) is 4.90 Å². The second-order valence-electron chi connectivity index (χ2n) is 5.03. The van der Waals surface area contributed by atoms with Gasteiger partial charge in [-0.05, 0) is 32.0 Å². The Morgan fingerprint density at radius 2 is 1.84 bits per heavy atom. The summed E-state index contributed by atoms with van der Waals surface area (Å²) in [4.78, 5) is 13.4. The van der Waals surface area contributed by atoms with Crippen LogP contribution in [0.25, 0.3) is 0 Å². The first-order valence-electron chi connectivity index (χ1n) is 6.71. The van der Waals surface area contributed by atoms with Gasteiger partial charge in [-0.15, -0.1) is 11.8 Å². The van der Waals surface area contributed by atoms with Gasteiger partial charge >= 0.3 is 0 Å². The highest BCUT2D eigenvalue weighted by molar-refractivity contribution is 8.00. The van der Waals surface area contributed by atoms with Crippen LogP contribution in [-0.2, 0) is 4.79 Å². The first-order chi connectivity index (χ1) is 9.04. The van der Waals surface area contributed by atoms with Gasteiger partial charge in [0.25, 0.3) is 0 Å². The molecule has 0 aliphatic rings. The van der Waals surface area contributed by atoms with Crippen molar-refractivity contribution >= 4 is 17.7 Å². The van der Waals surface area contributed by atoms with Gasteiger partial charge in [-0.25, -0.2) is 0 Å². The monoisotopic (exact) mass is 280 g/mol. The van der Waals surface area contributed by atoms with E-state index >= 15 is 0 Å². The van der Waals surface area contributed by atoms with E-state index < -0.39 is 0 Å². The topological polar surface area (TPSA) is 41.1 Å². The van der Waals surface area contributed by atoms with Crippen LogP contribution in [0.4, 0.5) is 0 Å². The molecule has 0 fully saturated rings. The average Bonchev–Trinajstić information content (AvgIpc) is 2.42. The van der Waals surface area contributed by atoms with Crippen molar-refractivity contribution in [1.82, 2.24) is 10.6 Å². The van der Waals surface area contributed by atoms with Crippen LogP contribution in [0.1, 0.15) is 20.8 Å². The number of thioether (sulfide) groups is 1. The smallest absolute Gasteiger partial charge is 0.233 e. The Morgan fingerprint density at radius 1 is 1.21 bits per heavy atom. The fourth-order valence-corrected chi connectivity index (χ4v) is 2.66. The molecule has 2 N–H and O–H groups in total. The molecule has 0 saturated carbocycles. The zero-order valence-electron chi connectivity index (χ0n) is 12.1. The van der Waals surface area contributed by atoms with Crippen molar-refractivity contribution in [2.75, 3.05) is 13.6 Å². The number of rotatable bonds is 7. The van der Waals surface area contributed by atoms with E-state index in [2.05, 4.69) is 31.4 Å². The maximum Gasteiger partial charge on any atom is 0.233 e. The molecular weight excluding hydrogens is 256 g/mol. The predicted octanol–water partition coefficient (Wildman–Crippen LogP) is 2.53. The summed E-state index contributed by atoms with van der Waals surface area (Å²) in [5, 5.41) is 6.08. The van der Waals surface area contributed by atoms with Crippen molar-refractivity contribution in [2.45, 2.75) is 37.0 Å². The minimum Gasteiger partial charge on any atom is -0.354 e. The van der Waals surface area contributed by atoms with E-state index in [1.54, 1.807) is 11.8 Å². The fraction of sp³-hybridized carbons (Fsp3) is 0.533. The lowest BCUT2D eigenvalue weighted by Gasteiger charge is -2.21. The summed E-state index contributed by atoms with van der Waals surface area (Å²) in [5.41, 5.74) is 0. The molecule has 19 heavy (non-hydrogen) atoms. The highest BCUT2D eigenvalue weighted by Crippen LogP contribution is 2.27. The van der Waals surface area contributed by atoms with Gasteiger partial charge in [-0.3, -0.25) is 4.79 Å². The molecule has 0 bridgehead atoms. The predicted molar refractivity (Wildman–Crippen MR) is 82.5 cm³/mol. The summed E-state index contributed by atoms with van der Waals surface area (Å²) in [7, 11) is 1.90. The van der Waals surface area contributed by atoms with Gasteiger partial charge in [0.05, 0.1) is 5.25 Å². The van der Waals surface area contributed by atoms with E-state index in [0.29, 0.717) is 18.5 Å². The van der Waals surface area contributed by atoms with Gasteiger partial charge in [0.1, 0.15) is 0 Å². The summed E-state index contributed by atoms with van der Waals surface area (Å²) < 4.78 is 0. The lowest BCUT2D eigenvalue weighted by Crippen LogP contribution is -2.42. The van der Waals surface area contributed by atoms with Crippen molar-refractivity contribution in [1.29, 1.82) is 0 Å². The molecule has 0 aliphatic carbocycles. The molecule has 4 heteroatoms. The van der Waals surface area contributed by atoms with Crippen molar-refractivity contribution in [3.05, 3.63) is 30.3 Å². The Morgan fingerprint density at radius 3 is 2.37 bits per heavy atom. The summed E-state index contributed by atoms with van der Waals surface area (Å²) in [5.74, 6) is 0.418. The number of nitrogens with one attached hydrogen (secondary N) is 2. The Balaban J connectivity index is 2.59. The van der Waals surface area contributed by atoms with Gasteiger partial charge in [0.2, 0.25) is 5.91 Å². The molecule has 106 valence electrons. The molecule has 0 aliphatic heterocycles. The van der Waals surface area contributed by atoms with Gasteiger partial charge in [-0.1, -0.05) is 32.0 Å². The third-order valence-electron chi connectivity index (χ3n) is 2.95. The van der Waals surface area contributed by atoms with Crippen molar-refractivity contribution in [3.63, 3.8) is 0 Å². The maximum atomic E-state index is 12.2.